The van der Waals surface area contributed by atoms with Gasteiger partial charge in [-0.15, -0.1) is 5.10 Å². The van der Waals surface area contributed by atoms with Crippen LogP contribution >= 0.6 is 0 Å². The number of rotatable bonds is 4. The van der Waals surface area contributed by atoms with Gasteiger partial charge in [0.2, 0.25) is 5.82 Å². The van der Waals surface area contributed by atoms with Crippen molar-refractivity contribution in [2.24, 2.45) is 0 Å². The molecule has 3 fully saturated rings. The van der Waals surface area contributed by atoms with Crippen LogP contribution in [0.5, 0.6) is 0 Å². The van der Waals surface area contributed by atoms with Gasteiger partial charge in [0.1, 0.15) is 0 Å². The number of carbonyl (C=O) groups is 1. The largest absolute Gasteiger partial charge is 0.376 e. The minimum Gasteiger partial charge on any atom is -0.376 e. The van der Waals surface area contributed by atoms with E-state index in [0.29, 0.717) is 12.4 Å². The fourth-order valence-electron chi connectivity index (χ4n) is 4.11. The predicted molar refractivity (Wildman–Crippen MR) is 101 cm³/mol. The van der Waals surface area contributed by atoms with Gasteiger partial charge in [-0.1, -0.05) is 48.5 Å². The lowest BCUT2D eigenvalue weighted by Gasteiger charge is -2.35. The molecule has 6 rings (SSSR count). The monoisotopic (exact) mass is 360 g/mol. The van der Waals surface area contributed by atoms with Gasteiger partial charge in [0.15, 0.2) is 5.82 Å². The number of benzene rings is 2. The predicted octanol–water partition coefficient (Wildman–Crippen LogP) is 2.94. The first-order valence-corrected chi connectivity index (χ1v) is 9.13. The summed E-state index contributed by atoms with van der Waals surface area (Å²) in [5, 5.41) is 4.58. The van der Waals surface area contributed by atoms with E-state index in [1.54, 1.807) is 11.8 Å². The minimum absolute atomic E-state index is 0.122. The van der Waals surface area contributed by atoms with E-state index in [2.05, 4.69) is 10.1 Å². The van der Waals surface area contributed by atoms with Crippen LogP contribution in [0.1, 0.15) is 23.5 Å². The number of hydrogen-bond acceptors (Lipinski definition) is 4. The van der Waals surface area contributed by atoms with Crippen LogP contribution in [-0.4, -0.2) is 50.9 Å². The molecule has 0 unspecified atom stereocenters. The van der Waals surface area contributed by atoms with Crippen molar-refractivity contribution in [1.29, 1.82) is 0 Å². The number of methoxy groups -OCH3 is 1. The number of hydrogen-bond donors (Lipinski definition) is 0. The van der Waals surface area contributed by atoms with Crippen LogP contribution < -0.4 is 0 Å². The minimum atomic E-state index is -0.162. The van der Waals surface area contributed by atoms with Gasteiger partial charge in [-0.25, -0.2) is 9.67 Å². The summed E-state index contributed by atoms with van der Waals surface area (Å²) in [6.07, 6.45) is 1.81. The second-order valence-corrected chi connectivity index (χ2v) is 7.25. The van der Waals surface area contributed by atoms with E-state index < -0.39 is 0 Å². The Morgan fingerprint density at radius 3 is 2.37 bits per heavy atom. The highest BCUT2D eigenvalue weighted by molar-refractivity contribution is 5.92. The van der Waals surface area contributed by atoms with Gasteiger partial charge < -0.3 is 9.64 Å². The molecule has 3 heterocycles. The van der Waals surface area contributed by atoms with Crippen molar-refractivity contribution in [1.82, 2.24) is 19.7 Å². The van der Waals surface area contributed by atoms with Crippen LogP contribution in [0.15, 0.2) is 60.7 Å². The molecule has 0 radical (unpaired) electrons. The molecule has 1 saturated carbocycles. The topological polar surface area (TPSA) is 60.2 Å². The van der Waals surface area contributed by atoms with Gasteiger partial charge in [-0.2, -0.15) is 0 Å². The highest BCUT2D eigenvalue weighted by atomic mass is 16.5. The van der Waals surface area contributed by atoms with Crippen molar-refractivity contribution in [3.63, 3.8) is 0 Å². The third-order valence-electron chi connectivity index (χ3n) is 5.64. The van der Waals surface area contributed by atoms with Crippen LogP contribution in [0.25, 0.3) is 17.1 Å². The molecular weight excluding hydrogens is 340 g/mol. The molecule has 1 aromatic heterocycles. The van der Waals surface area contributed by atoms with Gasteiger partial charge in [-0.3, -0.25) is 4.79 Å². The number of para-hydroxylation sites is 1. The molecule has 0 spiro atoms. The van der Waals surface area contributed by atoms with Gasteiger partial charge in [0, 0.05) is 18.7 Å². The van der Waals surface area contributed by atoms with E-state index in [1.807, 2.05) is 65.6 Å². The molecule has 2 saturated heterocycles. The van der Waals surface area contributed by atoms with Crippen molar-refractivity contribution in [2.75, 3.05) is 13.7 Å². The lowest BCUT2D eigenvalue weighted by Crippen LogP contribution is -2.42. The van der Waals surface area contributed by atoms with Crippen LogP contribution in [0.3, 0.4) is 0 Å². The third-order valence-corrected chi connectivity index (χ3v) is 5.64. The summed E-state index contributed by atoms with van der Waals surface area (Å²) in [6, 6.07) is 19.8. The average molecular weight is 360 g/mol. The Balaban J connectivity index is 1.55. The molecule has 3 aromatic rings. The first-order valence-electron chi connectivity index (χ1n) is 9.13. The normalized spacial score (nSPS) is 23.3. The van der Waals surface area contributed by atoms with E-state index in [9.17, 15) is 4.79 Å². The Morgan fingerprint density at radius 2 is 1.74 bits per heavy atom. The number of fused-ring (bicyclic) bond motifs is 1. The Labute approximate surface area is 157 Å². The van der Waals surface area contributed by atoms with Crippen molar-refractivity contribution in [2.45, 2.75) is 24.5 Å². The zero-order valence-electron chi connectivity index (χ0n) is 15.1. The summed E-state index contributed by atoms with van der Waals surface area (Å²) in [5.41, 5.74) is 1.64. The molecule has 0 atom stereocenters. The molecule has 6 nitrogen and oxygen atoms in total. The van der Waals surface area contributed by atoms with E-state index in [0.717, 1.165) is 24.1 Å². The van der Waals surface area contributed by atoms with Crippen molar-refractivity contribution >= 4 is 5.91 Å². The van der Waals surface area contributed by atoms with E-state index in [4.69, 9.17) is 4.74 Å². The summed E-state index contributed by atoms with van der Waals surface area (Å²) in [7, 11) is 1.72. The Kier molecular flexibility index (Phi) is 3.62. The maximum Gasteiger partial charge on any atom is 0.293 e. The lowest BCUT2D eigenvalue weighted by atomic mass is 9.81. The molecule has 6 heteroatoms. The maximum absolute atomic E-state index is 13.1. The van der Waals surface area contributed by atoms with Crippen LogP contribution in [-0.2, 0) is 4.74 Å². The first kappa shape index (κ1) is 16.2. The zero-order chi connectivity index (χ0) is 18.4. The van der Waals surface area contributed by atoms with E-state index in [-0.39, 0.29) is 23.4 Å². The van der Waals surface area contributed by atoms with Gasteiger partial charge in [0.25, 0.3) is 5.91 Å². The van der Waals surface area contributed by atoms with Gasteiger partial charge >= 0.3 is 0 Å². The fourth-order valence-corrected chi connectivity index (χ4v) is 4.11. The van der Waals surface area contributed by atoms with Crippen LogP contribution in [0.4, 0.5) is 0 Å². The van der Waals surface area contributed by atoms with Gasteiger partial charge in [0.05, 0.1) is 17.8 Å². The zero-order valence-corrected chi connectivity index (χ0v) is 15.1. The Hall–Kier alpha value is -2.99. The summed E-state index contributed by atoms with van der Waals surface area (Å²) < 4.78 is 7.35. The molecule has 136 valence electrons. The molecule has 3 aliphatic rings. The van der Waals surface area contributed by atoms with Crippen molar-refractivity contribution in [3.8, 4) is 17.1 Å². The Morgan fingerprint density at radius 1 is 1.07 bits per heavy atom. The molecule has 1 amide bonds. The molecule has 27 heavy (non-hydrogen) atoms. The highest BCUT2D eigenvalue weighted by Crippen LogP contribution is 2.47. The smallest absolute Gasteiger partial charge is 0.293 e. The lowest BCUT2D eigenvalue weighted by molar-refractivity contribution is -0.0365. The summed E-state index contributed by atoms with van der Waals surface area (Å²) in [6.45, 7) is 0.619. The van der Waals surface area contributed by atoms with Crippen LogP contribution in [0.2, 0.25) is 0 Å². The van der Waals surface area contributed by atoms with E-state index in [1.165, 1.54) is 0 Å². The Bertz CT molecular complexity index is 921. The average Bonchev–Trinajstić information content (AvgIpc) is 3.40. The van der Waals surface area contributed by atoms with Crippen molar-refractivity contribution in [3.05, 3.63) is 66.5 Å². The number of nitrogens with zero attached hydrogens (tertiary/aromatic N) is 4. The second-order valence-electron chi connectivity index (χ2n) is 7.25. The fraction of sp³-hybridized carbons (Fsp3) is 0.286. The standard InChI is InChI=1S/C21H20N4O2/c1-27-21-12-17(13-21)24(14-21)20(26)18-22-19(15-8-4-2-5-9-15)25(23-18)16-10-6-3-7-11-16/h2-11,17H,12-14H2,1H3. The number of ether oxygens (including phenoxy) is 1. The summed E-state index contributed by atoms with van der Waals surface area (Å²) >= 11 is 0. The molecule has 2 aliphatic heterocycles. The molecular formula is C21H20N4O2. The van der Waals surface area contributed by atoms with Crippen molar-refractivity contribution < 1.29 is 9.53 Å². The summed E-state index contributed by atoms with van der Waals surface area (Å²) in [5.74, 6) is 0.776. The SMILES string of the molecule is COC12CC(C1)N(C(=O)c1nc(-c3ccccc3)n(-c3ccccc3)n1)C2. The second kappa shape index (κ2) is 6.03. The van der Waals surface area contributed by atoms with E-state index >= 15 is 0 Å². The molecule has 2 bridgehead atoms. The number of aromatic nitrogens is 3. The summed E-state index contributed by atoms with van der Waals surface area (Å²) in [4.78, 5) is 19.6. The number of carbonyl (C=O) groups excluding carboxylic acids is 1. The highest BCUT2D eigenvalue weighted by Gasteiger charge is 2.57. The quantitative estimate of drug-likeness (QED) is 0.718. The first-order chi connectivity index (χ1) is 13.2. The van der Waals surface area contributed by atoms with Crippen LogP contribution in [0, 0.1) is 0 Å². The number of amides is 1. The molecule has 1 aliphatic carbocycles. The maximum atomic E-state index is 13.1. The molecule has 0 N–H and O–H groups in total. The molecule has 2 aromatic carbocycles. The van der Waals surface area contributed by atoms with Gasteiger partial charge in [-0.05, 0) is 25.0 Å². The third kappa shape index (κ3) is 2.56.